The normalized spacial score (nSPS) is 17.3. The molecular formula is C27H23F3N4O5. The summed E-state index contributed by atoms with van der Waals surface area (Å²) in [4.78, 5) is 43.5. The first kappa shape index (κ1) is 26.2. The van der Waals surface area contributed by atoms with Gasteiger partial charge in [0.1, 0.15) is 11.6 Å². The molecule has 9 nitrogen and oxygen atoms in total. The lowest BCUT2D eigenvalue weighted by Crippen LogP contribution is -2.45. The van der Waals surface area contributed by atoms with Crippen molar-refractivity contribution in [2.24, 2.45) is 0 Å². The van der Waals surface area contributed by atoms with E-state index in [-0.39, 0.29) is 40.7 Å². The number of hydrogen-bond donors (Lipinski definition) is 3. The molecule has 0 bridgehead atoms. The van der Waals surface area contributed by atoms with Crippen molar-refractivity contribution in [3.8, 4) is 11.4 Å². The van der Waals surface area contributed by atoms with Crippen molar-refractivity contribution >= 4 is 16.9 Å². The average Bonchev–Trinajstić information content (AvgIpc) is 2.92. The molecule has 12 heteroatoms. The Morgan fingerprint density at radius 1 is 1.00 bits per heavy atom. The molecule has 0 spiro atoms. The van der Waals surface area contributed by atoms with Crippen molar-refractivity contribution < 1.29 is 28.2 Å². The summed E-state index contributed by atoms with van der Waals surface area (Å²) in [5, 5.41) is 22.0. The van der Waals surface area contributed by atoms with Crippen LogP contribution in [0.25, 0.3) is 16.7 Å². The van der Waals surface area contributed by atoms with Crippen LogP contribution in [0.4, 0.5) is 13.2 Å². The summed E-state index contributed by atoms with van der Waals surface area (Å²) >= 11 is 0. The first-order valence-electron chi connectivity index (χ1n) is 12.2. The van der Waals surface area contributed by atoms with Gasteiger partial charge in [-0.2, -0.15) is 0 Å². The highest BCUT2D eigenvalue weighted by Crippen LogP contribution is 2.28. The molecule has 2 aromatic heterocycles. The number of rotatable bonds is 5. The second kappa shape index (κ2) is 10.4. The van der Waals surface area contributed by atoms with Gasteiger partial charge < -0.3 is 15.5 Å². The van der Waals surface area contributed by atoms with Gasteiger partial charge in [-0.25, -0.2) is 27.5 Å². The van der Waals surface area contributed by atoms with Gasteiger partial charge in [-0.05, 0) is 61.6 Å². The smallest absolute Gasteiger partial charge is 0.337 e. The minimum atomic E-state index is -1.21. The Kier molecular flexibility index (Phi) is 6.96. The number of benzene rings is 2. The Morgan fingerprint density at radius 2 is 1.74 bits per heavy atom. The molecule has 1 aliphatic carbocycles. The highest BCUT2D eigenvalue weighted by Gasteiger charge is 2.28. The topological polar surface area (TPSA) is 126 Å². The summed E-state index contributed by atoms with van der Waals surface area (Å²) in [6.07, 6.45) is 2.19. The van der Waals surface area contributed by atoms with Crippen molar-refractivity contribution in [3.63, 3.8) is 0 Å². The molecule has 2 heterocycles. The summed E-state index contributed by atoms with van der Waals surface area (Å²) in [6.45, 7) is -0.298. The van der Waals surface area contributed by atoms with Crippen LogP contribution >= 0.6 is 0 Å². The summed E-state index contributed by atoms with van der Waals surface area (Å²) < 4.78 is 43.6. The summed E-state index contributed by atoms with van der Waals surface area (Å²) in [5.74, 6) is -3.91. The number of amides is 1. The molecule has 1 aliphatic rings. The fourth-order valence-corrected chi connectivity index (χ4v) is 4.97. The van der Waals surface area contributed by atoms with E-state index in [1.54, 1.807) is 0 Å². The quantitative estimate of drug-likeness (QED) is 0.357. The maximum absolute atomic E-state index is 14.1. The van der Waals surface area contributed by atoms with E-state index in [0.717, 1.165) is 39.6 Å². The maximum atomic E-state index is 14.1. The number of halogens is 3. The number of aliphatic hydroxyl groups excluding tert-OH is 1. The third-order valence-electron chi connectivity index (χ3n) is 6.94. The predicted molar refractivity (Wildman–Crippen MR) is 134 cm³/mol. The molecular weight excluding hydrogens is 517 g/mol. The van der Waals surface area contributed by atoms with Crippen LogP contribution in [0.3, 0.4) is 0 Å². The summed E-state index contributed by atoms with van der Waals surface area (Å²) in [7, 11) is 0. The van der Waals surface area contributed by atoms with E-state index in [2.05, 4.69) is 10.3 Å². The molecule has 39 heavy (non-hydrogen) atoms. The highest BCUT2D eigenvalue weighted by atomic mass is 19.2. The number of nitrogens with zero attached hydrogens (tertiary/aromatic N) is 3. The van der Waals surface area contributed by atoms with E-state index in [4.69, 9.17) is 0 Å². The number of pyridine rings is 1. The molecule has 3 N–H and O–H groups in total. The Balaban J connectivity index is 1.46. The SMILES string of the molecule is O=C(N[C@H]1CC[C@@H](n2c(=O)c3cc(F)cnc3n(-c3ccc(F)c(F)c3)c2=O)CC1)c1cc(CO)ccc1O. The molecule has 0 aliphatic heterocycles. The van der Waals surface area contributed by atoms with Crippen molar-refractivity contribution in [3.05, 3.63) is 98.1 Å². The van der Waals surface area contributed by atoms with Crippen molar-refractivity contribution in [1.82, 2.24) is 19.4 Å². The Bertz CT molecular complexity index is 1710. The van der Waals surface area contributed by atoms with Crippen molar-refractivity contribution in [1.29, 1.82) is 0 Å². The standard InChI is InChI=1S/C27H23F3N4O5/c28-15-10-20-24(31-12-15)33(18-6-7-21(29)22(30)11-18)27(39)34(26(20)38)17-4-2-16(3-5-17)32-25(37)19-9-14(13-35)1-8-23(19)36/h1,6-12,16-17,35-36H,2-5,13H2,(H,32,37)/t16-,17+. The van der Waals surface area contributed by atoms with Gasteiger partial charge >= 0.3 is 5.69 Å². The van der Waals surface area contributed by atoms with Crippen LogP contribution in [0.15, 0.2) is 58.3 Å². The third-order valence-corrected chi connectivity index (χ3v) is 6.94. The van der Waals surface area contributed by atoms with Crippen LogP contribution in [-0.4, -0.2) is 36.3 Å². The molecule has 4 aromatic rings. The lowest BCUT2D eigenvalue weighted by Gasteiger charge is -2.30. The van der Waals surface area contributed by atoms with Crippen LogP contribution in [0.1, 0.15) is 47.6 Å². The number of fused-ring (bicyclic) bond motifs is 1. The second-order valence-corrected chi connectivity index (χ2v) is 9.40. The molecule has 2 aromatic carbocycles. The van der Waals surface area contributed by atoms with E-state index in [0.29, 0.717) is 31.2 Å². The number of hydrogen-bond acceptors (Lipinski definition) is 6. The number of carbonyl (C=O) groups is 1. The lowest BCUT2D eigenvalue weighted by atomic mass is 9.90. The maximum Gasteiger partial charge on any atom is 0.337 e. The highest BCUT2D eigenvalue weighted by molar-refractivity contribution is 5.97. The van der Waals surface area contributed by atoms with E-state index in [1.807, 2.05) is 0 Å². The Hall–Kier alpha value is -4.45. The number of phenols is 1. The molecule has 1 saturated carbocycles. The zero-order valence-electron chi connectivity index (χ0n) is 20.4. The fourth-order valence-electron chi connectivity index (χ4n) is 4.97. The Labute approximate surface area is 218 Å². The van der Waals surface area contributed by atoms with Gasteiger partial charge in [-0.15, -0.1) is 0 Å². The number of aliphatic hydroxyl groups is 1. The molecule has 202 valence electrons. The monoisotopic (exact) mass is 540 g/mol. The van der Waals surface area contributed by atoms with E-state index < -0.39 is 40.6 Å². The van der Waals surface area contributed by atoms with Crippen LogP contribution in [0.5, 0.6) is 5.75 Å². The first-order chi connectivity index (χ1) is 18.7. The number of carbonyl (C=O) groups excluding carboxylic acids is 1. The van der Waals surface area contributed by atoms with Crippen LogP contribution < -0.4 is 16.6 Å². The molecule has 5 rings (SSSR count). The summed E-state index contributed by atoms with van der Waals surface area (Å²) in [6, 6.07) is 6.99. The lowest BCUT2D eigenvalue weighted by molar-refractivity contribution is 0.0919. The van der Waals surface area contributed by atoms with Crippen molar-refractivity contribution in [2.75, 3.05) is 0 Å². The van der Waals surface area contributed by atoms with Gasteiger partial charge in [0.25, 0.3) is 11.5 Å². The number of nitrogens with one attached hydrogen (secondary N) is 1. The molecule has 0 atom stereocenters. The van der Waals surface area contributed by atoms with Gasteiger partial charge in [-0.1, -0.05) is 6.07 Å². The third kappa shape index (κ3) is 4.90. The second-order valence-electron chi connectivity index (χ2n) is 9.40. The Morgan fingerprint density at radius 3 is 2.44 bits per heavy atom. The molecule has 0 saturated heterocycles. The van der Waals surface area contributed by atoms with E-state index in [1.165, 1.54) is 18.2 Å². The number of aromatic hydroxyl groups is 1. The van der Waals surface area contributed by atoms with Crippen LogP contribution in [0, 0.1) is 17.5 Å². The van der Waals surface area contributed by atoms with Crippen LogP contribution in [0.2, 0.25) is 0 Å². The van der Waals surface area contributed by atoms with Gasteiger partial charge in [0.15, 0.2) is 17.3 Å². The van der Waals surface area contributed by atoms with E-state index in [9.17, 15) is 37.8 Å². The zero-order valence-corrected chi connectivity index (χ0v) is 20.4. The molecule has 0 unspecified atom stereocenters. The summed E-state index contributed by atoms with van der Waals surface area (Å²) in [5.41, 5.74) is -1.41. The van der Waals surface area contributed by atoms with Gasteiger partial charge in [-0.3, -0.25) is 14.2 Å². The molecule has 0 radical (unpaired) electrons. The van der Waals surface area contributed by atoms with Gasteiger partial charge in [0.05, 0.1) is 29.4 Å². The first-order valence-corrected chi connectivity index (χ1v) is 12.2. The fraction of sp³-hybridized carbons (Fsp3) is 0.259. The van der Waals surface area contributed by atoms with Crippen LogP contribution in [-0.2, 0) is 6.61 Å². The largest absolute Gasteiger partial charge is 0.507 e. The molecule has 1 fully saturated rings. The van der Waals surface area contributed by atoms with Gasteiger partial charge in [0, 0.05) is 18.2 Å². The average molecular weight is 540 g/mol. The number of phenolic OH excluding ortho intramolecular Hbond substituents is 1. The van der Waals surface area contributed by atoms with Crippen molar-refractivity contribution in [2.45, 2.75) is 44.4 Å². The number of aromatic nitrogens is 3. The van der Waals surface area contributed by atoms with E-state index >= 15 is 0 Å². The minimum absolute atomic E-state index is 0.0124. The zero-order chi connectivity index (χ0) is 27.8. The predicted octanol–water partition coefficient (Wildman–Crippen LogP) is 3.08. The molecule has 1 amide bonds. The van der Waals surface area contributed by atoms with Gasteiger partial charge in [0.2, 0.25) is 0 Å². The minimum Gasteiger partial charge on any atom is -0.507 e.